The highest BCUT2D eigenvalue weighted by Crippen LogP contribution is 2.38. The van der Waals surface area contributed by atoms with Gasteiger partial charge in [-0.1, -0.05) is 35.3 Å². The highest BCUT2D eigenvalue weighted by molar-refractivity contribution is 8.18. The average molecular weight is 392 g/mol. The number of amidine groups is 1. The average Bonchev–Trinajstić information content (AvgIpc) is 2.92. The Balaban J connectivity index is 2.01. The molecule has 1 fully saturated rings. The zero-order chi connectivity index (χ0) is 18.0. The fraction of sp³-hybridized carbons (Fsp3) is 0.167. The van der Waals surface area contributed by atoms with Crippen LogP contribution in [0.4, 0.5) is 5.69 Å². The summed E-state index contributed by atoms with van der Waals surface area (Å²) in [7, 11) is 0. The van der Waals surface area contributed by atoms with Crippen LogP contribution in [0.2, 0.25) is 10.2 Å². The highest BCUT2D eigenvalue weighted by Gasteiger charge is 2.34. The Kier molecular flexibility index (Phi) is 5.47. The van der Waals surface area contributed by atoms with Crippen molar-refractivity contribution in [1.82, 2.24) is 9.88 Å². The molecule has 25 heavy (non-hydrogen) atoms. The molecule has 128 valence electrons. The van der Waals surface area contributed by atoms with E-state index in [0.717, 1.165) is 11.1 Å². The molecule has 0 N–H and O–H groups in total. The molecule has 7 heteroatoms. The maximum atomic E-state index is 12.8. The number of halogens is 2. The molecule has 1 aromatic carbocycles. The molecule has 0 saturated carbocycles. The summed E-state index contributed by atoms with van der Waals surface area (Å²) in [5, 5.41) is 1.58. The maximum Gasteiger partial charge on any atom is 0.267 e. The summed E-state index contributed by atoms with van der Waals surface area (Å²) >= 11 is 13.4. The Bertz CT molecular complexity index is 878. The molecule has 0 bridgehead atoms. The first-order chi connectivity index (χ1) is 12.0. The monoisotopic (exact) mass is 391 g/mol. The van der Waals surface area contributed by atoms with Gasteiger partial charge in [-0.3, -0.25) is 9.69 Å². The predicted molar refractivity (Wildman–Crippen MR) is 105 cm³/mol. The topological polar surface area (TPSA) is 45.6 Å². The van der Waals surface area contributed by atoms with Gasteiger partial charge in [0, 0.05) is 17.8 Å². The molecule has 1 amide bonds. The Morgan fingerprint density at radius 1 is 1.24 bits per heavy atom. The van der Waals surface area contributed by atoms with E-state index >= 15 is 0 Å². The van der Waals surface area contributed by atoms with Crippen LogP contribution in [0.5, 0.6) is 0 Å². The van der Waals surface area contributed by atoms with Crippen molar-refractivity contribution in [3.63, 3.8) is 0 Å². The molecule has 0 radical (unpaired) electrons. The van der Waals surface area contributed by atoms with Crippen molar-refractivity contribution < 1.29 is 4.79 Å². The summed E-state index contributed by atoms with van der Waals surface area (Å²) in [6, 6.07) is 11.0. The van der Waals surface area contributed by atoms with Crippen LogP contribution in [-0.2, 0) is 4.79 Å². The fourth-order valence-electron chi connectivity index (χ4n) is 2.39. The molecule has 2 heterocycles. The minimum absolute atomic E-state index is 0.0567. The number of amides is 1. The molecule has 1 saturated heterocycles. The first kappa shape index (κ1) is 18.0. The van der Waals surface area contributed by atoms with Crippen molar-refractivity contribution in [2.45, 2.75) is 13.8 Å². The summed E-state index contributed by atoms with van der Waals surface area (Å²) in [5.41, 5.74) is 2.40. The number of benzene rings is 1. The van der Waals surface area contributed by atoms with Crippen molar-refractivity contribution in [3.8, 4) is 0 Å². The molecule has 3 rings (SSSR count). The van der Waals surface area contributed by atoms with Gasteiger partial charge >= 0.3 is 0 Å². The fourth-order valence-corrected chi connectivity index (χ4v) is 3.80. The van der Waals surface area contributed by atoms with Crippen molar-refractivity contribution in [1.29, 1.82) is 0 Å². The number of carbonyl (C=O) groups excluding carboxylic acids is 1. The Morgan fingerprint density at radius 3 is 2.60 bits per heavy atom. The lowest BCUT2D eigenvalue weighted by Gasteiger charge is -2.12. The van der Waals surface area contributed by atoms with Crippen molar-refractivity contribution in [2.75, 3.05) is 6.54 Å². The number of hydrogen-bond donors (Lipinski definition) is 0. The Labute approximate surface area is 160 Å². The molecule has 1 aromatic heterocycles. The molecule has 0 spiro atoms. The van der Waals surface area contributed by atoms with Crippen LogP contribution in [0.25, 0.3) is 5.57 Å². The smallest absolute Gasteiger partial charge is 0.267 e. The van der Waals surface area contributed by atoms with Gasteiger partial charge in [-0.05, 0) is 61.0 Å². The van der Waals surface area contributed by atoms with E-state index in [2.05, 4.69) is 9.98 Å². The number of aliphatic imine (C=N–C) groups is 1. The molecule has 1 aliphatic rings. The number of carbonyl (C=O) groups is 1. The second-order valence-corrected chi connectivity index (χ2v) is 7.09. The lowest BCUT2D eigenvalue weighted by Crippen LogP contribution is -2.28. The molecule has 0 unspecified atom stereocenters. The van der Waals surface area contributed by atoms with E-state index in [4.69, 9.17) is 23.2 Å². The second kappa shape index (κ2) is 7.60. The van der Waals surface area contributed by atoms with E-state index in [-0.39, 0.29) is 5.91 Å². The third-order valence-electron chi connectivity index (χ3n) is 3.75. The molecule has 0 atom stereocenters. The third-order valence-corrected chi connectivity index (χ3v) is 5.48. The number of hydrogen-bond acceptors (Lipinski definition) is 4. The summed E-state index contributed by atoms with van der Waals surface area (Å²) in [6.45, 7) is 4.37. The van der Waals surface area contributed by atoms with Gasteiger partial charge in [-0.2, -0.15) is 0 Å². The number of aromatic nitrogens is 1. The minimum atomic E-state index is -0.0567. The van der Waals surface area contributed by atoms with E-state index < -0.39 is 0 Å². The number of nitrogens with zero attached hydrogens (tertiary/aromatic N) is 3. The number of pyridine rings is 1. The van der Waals surface area contributed by atoms with Gasteiger partial charge in [0.15, 0.2) is 10.3 Å². The van der Waals surface area contributed by atoms with Gasteiger partial charge in [0.2, 0.25) is 0 Å². The lowest BCUT2D eigenvalue weighted by molar-refractivity contribution is -0.122. The van der Waals surface area contributed by atoms with E-state index in [1.165, 1.54) is 11.8 Å². The molecular formula is C18H15Cl2N3OS. The first-order valence-electron chi connectivity index (χ1n) is 7.67. The lowest BCUT2D eigenvalue weighted by atomic mass is 10.1. The van der Waals surface area contributed by atoms with Crippen molar-refractivity contribution in [3.05, 3.63) is 63.2 Å². The van der Waals surface area contributed by atoms with Crippen LogP contribution < -0.4 is 0 Å². The van der Waals surface area contributed by atoms with Crippen LogP contribution in [0.3, 0.4) is 0 Å². The quantitative estimate of drug-likeness (QED) is 0.519. The van der Waals surface area contributed by atoms with E-state index in [0.29, 0.717) is 32.5 Å². The van der Waals surface area contributed by atoms with Gasteiger partial charge in [0.25, 0.3) is 5.91 Å². The second-order valence-electron chi connectivity index (χ2n) is 5.32. The summed E-state index contributed by atoms with van der Waals surface area (Å²) in [5.74, 6) is -0.0567. The zero-order valence-electron chi connectivity index (χ0n) is 13.7. The van der Waals surface area contributed by atoms with Crippen LogP contribution in [-0.4, -0.2) is 27.5 Å². The molecule has 1 aliphatic heterocycles. The summed E-state index contributed by atoms with van der Waals surface area (Å²) in [6.07, 6.45) is 1.60. The number of thioether (sulfide) groups is 1. The van der Waals surface area contributed by atoms with Crippen LogP contribution in [0, 0.1) is 0 Å². The van der Waals surface area contributed by atoms with Gasteiger partial charge < -0.3 is 0 Å². The van der Waals surface area contributed by atoms with Gasteiger partial charge in [-0.25, -0.2) is 9.98 Å². The summed E-state index contributed by atoms with van der Waals surface area (Å²) < 4.78 is 0. The molecule has 0 aliphatic carbocycles. The van der Waals surface area contributed by atoms with Gasteiger partial charge in [0.1, 0.15) is 5.69 Å². The van der Waals surface area contributed by atoms with Gasteiger partial charge in [0.05, 0.1) is 4.91 Å². The zero-order valence-corrected chi connectivity index (χ0v) is 16.0. The SMILES string of the molecule is CCN1C(=O)/C(=C(\C)c2ccc(Cl)cc2)SC1=Nc1cccnc1Cl. The normalized spacial score (nSPS) is 18.2. The van der Waals surface area contributed by atoms with Crippen LogP contribution in [0.1, 0.15) is 19.4 Å². The highest BCUT2D eigenvalue weighted by atomic mass is 35.5. The number of allylic oxidation sites excluding steroid dienone is 1. The van der Waals surface area contributed by atoms with Gasteiger partial charge in [-0.15, -0.1) is 0 Å². The van der Waals surface area contributed by atoms with Crippen LogP contribution >= 0.6 is 35.0 Å². The minimum Gasteiger partial charge on any atom is -0.287 e. The summed E-state index contributed by atoms with van der Waals surface area (Å²) in [4.78, 5) is 23.7. The van der Waals surface area contributed by atoms with E-state index in [1.54, 1.807) is 23.2 Å². The first-order valence-corrected chi connectivity index (χ1v) is 9.24. The largest absolute Gasteiger partial charge is 0.287 e. The molecular weight excluding hydrogens is 377 g/mol. The van der Waals surface area contributed by atoms with Crippen LogP contribution in [0.15, 0.2) is 52.5 Å². The Hall–Kier alpha value is -1.82. The number of rotatable bonds is 3. The molecule has 2 aromatic rings. The van der Waals surface area contributed by atoms with E-state index in [1.807, 2.05) is 38.1 Å². The maximum absolute atomic E-state index is 12.8. The van der Waals surface area contributed by atoms with Crippen molar-refractivity contribution in [2.24, 2.45) is 4.99 Å². The molecule has 4 nitrogen and oxygen atoms in total. The van der Waals surface area contributed by atoms with E-state index in [9.17, 15) is 4.79 Å². The van der Waals surface area contributed by atoms with Crippen molar-refractivity contribution >= 4 is 57.3 Å². The predicted octanol–water partition coefficient (Wildman–Crippen LogP) is 5.40. The standard InChI is InChI=1S/C18H15Cl2N3OS/c1-3-23-17(24)15(11(2)12-6-8-13(19)9-7-12)25-18(23)22-14-5-4-10-21-16(14)20/h4-10H,3H2,1-2H3/b15-11-,22-18?. The number of likely N-dealkylation sites (N-methyl/N-ethyl adjacent to an activating group) is 1. The Morgan fingerprint density at radius 2 is 1.96 bits per heavy atom. The third kappa shape index (κ3) is 3.73.